The molecule has 4 amide bonds. The van der Waals surface area contributed by atoms with E-state index < -0.39 is 76.9 Å². The van der Waals surface area contributed by atoms with Crippen molar-refractivity contribution < 1.29 is 55.7 Å². The molecule has 1 N–H and O–H groups in total. The smallest absolute Gasteiger partial charge is 0.419 e. The van der Waals surface area contributed by atoms with Gasteiger partial charge in [0.25, 0.3) is 0 Å². The lowest BCUT2D eigenvalue weighted by atomic mass is 9.93. The van der Waals surface area contributed by atoms with Gasteiger partial charge < -0.3 is 24.3 Å². The van der Waals surface area contributed by atoms with Crippen molar-refractivity contribution in [3.63, 3.8) is 0 Å². The van der Waals surface area contributed by atoms with Gasteiger partial charge in [0.1, 0.15) is 33.4 Å². The van der Waals surface area contributed by atoms with E-state index in [9.17, 15) is 32.4 Å². The molecule has 16 heteroatoms. The second kappa shape index (κ2) is 15.7. The number of rotatable bonds is 10. The molecule has 0 aromatic heterocycles. The Morgan fingerprint density at radius 3 is 2.35 bits per heavy atom. The van der Waals surface area contributed by atoms with Crippen LogP contribution in [0.3, 0.4) is 0 Å². The highest BCUT2D eigenvalue weighted by atomic mass is 32.2. The Bertz CT molecular complexity index is 1650. The number of carbonyl (C=O) groups is 5. The number of nitrogens with zero attached hydrogens (tertiary/aromatic N) is 2. The van der Waals surface area contributed by atoms with E-state index in [1.807, 2.05) is 0 Å². The van der Waals surface area contributed by atoms with E-state index >= 15 is 4.39 Å². The van der Waals surface area contributed by atoms with Gasteiger partial charge in [0.05, 0.1) is 30.3 Å². The summed E-state index contributed by atoms with van der Waals surface area (Å²) in [5.74, 6) is -2.56. The molecule has 2 atom stereocenters. The highest BCUT2D eigenvalue weighted by Gasteiger charge is 2.37. The third-order valence-electron chi connectivity index (χ3n) is 7.79. The largest absolute Gasteiger partial charge is 0.444 e. The Morgan fingerprint density at radius 1 is 1.06 bits per heavy atom. The summed E-state index contributed by atoms with van der Waals surface area (Å²) in [5.41, 5.74) is 0.430. The minimum atomic E-state index is -3.12. The quantitative estimate of drug-likeness (QED) is 0.214. The summed E-state index contributed by atoms with van der Waals surface area (Å²) < 4.78 is 59.3. The lowest BCUT2D eigenvalue weighted by Gasteiger charge is -2.24. The van der Waals surface area contributed by atoms with Crippen molar-refractivity contribution in [3.8, 4) is 0 Å². The van der Waals surface area contributed by atoms with E-state index in [0.29, 0.717) is 28.9 Å². The fourth-order valence-corrected chi connectivity index (χ4v) is 6.88. The maximum atomic E-state index is 15.1. The number of imide groups is 1. The van der Waals surface area contributed by atoms with Gasteiger partial charge in [0.15, 0.2) is 0 Å². The van der Waals surface area contributed by atoms with Crippen LogP contribution in [0.1, 0.15) is 57.6 Å². The number of amides is 4. The lowest BCUT2D eigenvalue weighted by molar-refractivity contribution is -0.155. The molecule has 0 saturated carbocycles. The molecule has 4 rings (SSSR count). The summed E-state index contributed by atoms with van der Waals surface area (Å²) in [6, 6.07) is 11.8. The van der Waals surface area contributed by atoms with Gasteiger partial charge in [-0.15, -0.1) is 0 Å². The van der Waals surface area contributed by atoms with E-state index in [2.05, 4.69) is 5.32 Å². The number of alkyl carbamates (subject to hydrolysis) is 1. The number of hydrogen-bond donors (Lipinski definition) is 1. The SMILES string of the molecule is CC(=O)N(C[C@H]1CN(c2ccc(C3CCS(=O)(=O)CC3)c(F)c2)C(=O)O1)C(=O)OCOC(=O)[C@H](Cc1ccccc1)NC(=O)OC(C)(C)C. The van der Waals surface area contributed by atoms with Gasteiger partial charge in [-0.05, 0) is 62.8 Å². The lowest BCUT2D eigenvalue weighted by Crippen LogP contribution is -2.46. The molecule has 0 spiro atoms. The zero-order valence-corrected chi connectivity index (χ0v) is 28.5. The van der Waals surface area contributed by atoms with Crippen LogP contribution in [0, 0.1) is 5.82 Å². The van der Waals surface area contributed by atoms with Crippen LogP contribution in [-0.4, -0.2) is 92.6 Å². The maximum absolute atomic E-state index is 15.1. The summed E-state index contributed by atoms with van der Waals surface area (Å²) in [4.78, 5) is 64.9. The van der Waals surface area contributed by atoms with Gasteiger partial charge in [-0.2, -0.15) is 0 Å². The summed E-state index contributed by atoms with van der Waals surface area (Å²) in [6.45, 7) is 4.66. The molecule has 2 fully saturated rings. The van der Waals surface area contributed by atoms with Crippen LogP contribution in [0.2, 0.25) is 0 Å². The monoisotopic (exact) mass is 705 g/mol. The van der Waals surface area contributed by atoms with Crippen molar-refractivity contribution in [2.75, 3.05) is 36.3 Å². The molecule has 2 aliphatic heterocycles. The number of benzene rings is 2. The predicted molar refractivity (Wildman–Crippen MR) is 173 cm³/mol. The highest BCUT2D eigenvalue weighted by Crippen LogP contribution is 2.33. The number of cyclic esters (lactones) is 1. The number of anilines is 1. The third-order valence-corrected chi connectivity index (χ3v) is 9.51. The Balaban J connectivity index is 1.32. The second-order valence-electron chi connectivity index (χ2n) is 12.8. The average molecular weight is 706 g/mol. The van der Waals surface area contributed by atoms with Gasteiger partial charge in [-0.25, -0.2) is 36.9 Å². The highest BCUT2D eigenvalue weighted by molar-refractivity contribution is 7.91. The van der Waals surface area contributed by atoms with Crippen molar-refractivity contribution >= 4 is 45.7 Å². The van der Waals surface area contributed by atoms with Crippen LogP contribution in [0.15, 0.2) is 48.5 Å². The fraction of sp³-hybridized carbons (Fsp3) is 0.485. The van der Waals surface area contributed by atoms with Crippen LogP contribution >= 0.6 is 0 Å². The van der Waals surface area contributed by atoms with E-state index in [1.54, 1.807) is 51.1 Å². The third kappa shape index (κ3) is 10.6. The normalized spacial score (nSPS) is 18.2. The molecule has 2 saturated heterocycles. The van der Waals surface area contributed by atoms with Crippen molar-refractivity contribution in [2.24, 2.45) is 0 Å². The Kier molecular flexibility index (Phi) is 11.9. The number of esters is 1. The summed E-state index contributed by atoms with van der Waals surface area (Å²) in [7, 11) is -3.12. The van der Waals surface area contributed by atoms with E-state index in [-0.39, 0.29) is 36.1 Å². The Morgan fingerprint density at radius 2 is 1.73 bits per heavy atom. The first-order chi connectivity index (χ1) is 23.0. The van der Waals surface area contributed by atoms with Crippen molar-refractivity contribution in [1.82, 2.24) is 10.2 Å². The molecule has 0 unspecified atom stereocenters. The average Bonchev–Trinajstić information content (AvgIpc) is 3.39. The first-order valence-corrected chi connectivity index (χ1v) is 17.5. The standard InChI is InChI=1S/C33H40FN3O11S/c1-21(38)36(31(41)46-20-45-29(39)28(16-22-8-6-5-7-9-22)35-30(40)48-33(2,3)4)18-25-19-37(32(42)47-25)24-10-11-26(27(34)17-24)23-12-14-49(43,44)15-13-23/h5-11,17,23,25,28H,12-16,18-20H2,1-4H3,(H,35,40)/t25-,28-/m0/s1. The first kappa shape index (κ1) is 37.1. The van der Waals surface area contributed by atoms with E-state index in [4.69, 9.17) is 18.9 Å². The molecule has 266 valence electrons. The van der Waals surface area contributed by atoms with Gasteiger partial charge in [0, 0.05) is 13.3 Å². The summed E-state index contributed by atoms with van der Waals surface area (Å²) >= 11 is 0. The number of ether oxygens (including phenoxy) is 4. The summed E-state index contributed by atoms with van der Waals surface area (Å²) in [6.07, 6.45) is -3.20. The van der Waals surface area contributed by atoms with Crippen LogP contribution in [0.25, 0.3) is 0 Å². The van der Waals surface area contributed by atoms with Gasteiger partial charge in [-0.1, -0.05) is 36.4 Å². The minimum Gasteiger partial charge on any atom is -0.444 e. The topological polar surface area (TPSA) is 175 Å². The molecule has 14 nitrogen and oxygen atoms in total. The molecule has 0 aliphatic carbocycles. The molecule has 0 bridgehead atoms. The minimum absolute atomic E-state index is 0.0173. The maximum Gasteiger partial charge on any atom is 0.419 e. The zero-order valence-electron chi connectivity index (χ0n) is 27.7. The van der Waals surface area contributed by atoms with Crippen LogP contribution < -0.4 is 10.2 Å². The number of sulfone groups is 1. The van der Waals surface area contributed by atoms with E-state index in [1.165, 1.54) is 12.1 Å². The summed E-state index contributed by atoms with van der Waals surface area (Å²) in [5, 5.41) is 2.46. The van der Waals surface area contributed by atoms with Crippen molar-refractivity contribution in [1.29, 1.82) is 0 Å². The molecule has 0 radical (unpaired) electrons. The fourth-order valence-electron chi connectivity index (χ4n) is 5.39. The molecule has 2 heterocycles. The van der Waals surface area contributed by atoms with Gasteiger partial charge in [0.2, 0.25) is 12.7 Å². The van der Waals surface area contributed by atoms with Crippen molar-refractivity contribution in [2.45, 2.75) is 70.6 Å². The van der Waals surface area contributed by atoms with Crippen molar-refractivity contribution in [3.05, 3.63) is 65.5 Å². The zero-order chi connectivity index (χ0) is 35.9. The first-order valence-electron chi connectivity index (χ1n) is 15.6. The van der Waals surface area contributed by atoms with Gasteiger partial charge >= 0.3 is 24.2 Å². The number of carbonyl (C=O) groups excluding carboxylic acids is 5. The number of hydrogen-bond acceptors (Lipinski definition) is 11. The Labute approximate surface area is 283 Å². The van der Waals surface area contributed by atoms with Crippen LogP contribution in [0.4, 0.5) is 24.5 Å². The predicted octanol–water partition coefficient (Wildman–Crippen LogP) is 4.06. The molecular formula is C33H40FN3O11S. The molecule has 2 aromatic rings. The number of nitrogens with one attached hydrogen (secondary N) is 1. The van der Waals surface area contributed by atoms with Crippen LogP contribution in [-0.2, 0) is 44.8 Å². The van der Waals surface area contributed by atoms with Gasteiger partial charge in [-0.3, -0.25) is 9.69 Å². The Hall–Kier alpha value is -4.73. The molecular weight excluding hydrogens is 665 g/mol. The molecule has 2 aromatic carbocycles. The van der Waals surface area contributed by atoms with Crippen LogP contribution in [0.5, 0.6) is 0 Å². The number of halogens is 1. The second-order valence-corrected chi connectivity index (χ2v) is 15.1. The van der Waals surface area contributed by atoms with E-state index in [0.717, 1.165) is 17.9 Å². The molecule has 2 aliphatic rings. The molecule has 49 heavy (non-hydrogen) atoms.